The van der Waals surface area contributed by atoms with E-state index in [0.717, 1.165) is 44.3 Å². The summed E-state index contributed by atoms with van der Waals surface area (Å²) >= 11 is 0. The number of aryl methyl sites for hydroxylation is 2. The van der Waals surface area contributed by atoms with Crippen LogP contribution < -0.4 is 0 Å². The first-order valence-corrected chi connectivity index (χ1v) is 8.72. The lowest BCUT2D eigenvalue weighted by molar-refractivity contribution is 0.0351. The van der Waals surface area contributed by atoms with E-state index in [2.05, 4.69) is 17.1 Å². The highest BCUT2D eigenvalue weighted by molar-refractivity contribution is 5.99. The van der Waals surface area contributed by atoms with Gasteiger partial charge < -0.3 is 14.6 Å². The Morgan fingerprint density at radius 1 is 1.22 bits per heavy atom. The molecule has 4 heteroatoms. The Labute approximate surface area is 136 Å². The van der Waals surface area contributed by atoms with Crippen LogP contribution in [0, 0.1) is 0 Å². The van der Waals surface area contributed by atoms with Crippen molar-refractivity contribution in [1.29, 1.82) is 0 Å². The molecule has 4 nitrogen and oxygen atoms in total. The molecular weight excluding hydrogens is 288 g/mol. The Balaban J connectivity index is 1.60. The van der Waals surface area contributed by atoms with Crippen LogP contribution in [0.25, 0.3) is 10.9 Å². The number of likely N-dealkylation sites (tertiary alicyclic amines) is 1. The number of aromatic amines is 1. The van der Waals surface area contributed by atoms with Crippen molar-refractivity contribution in [2.75, 3.05) is 20.2 Å². The first-order valence-electron chi connectivity index (χ1n) is 8.72. The van der Waals surface area contributed by atoms with Gasteiger partial charge in [-0.25, -0.2) is 0 Å². The van der Waals surface area contributed by atoms with Gasteiger partial charge in [0.05, 0.1) is 6.10 Å². The maximum atomic E-state index is 12.8. The van der Waals surface area contributed by atoms with Crippen LogP contribution >= 0.6 is 0 Å². The average molecular weight is 312 g/mol. The molecule has 2 aliphatic rings. The maximum Gasteiger partial charge on any atom is 0.253 e. The predicted molar refractivity (Wildman–Crippen MR) is 90.9 cm³/mol. The van der Waals surface area contributed by atoms with Gasteiger partial charge in [0, 0.05) is 42.4 Å². The number of fused-ring (bicyclic) bond motifs is 3. The van der Waals surface area contributed by atoms with Gasteiger partial charge in [-0.3, -0.25) is 4.79 Å². The molecule has 0 spiro atoms. The predicted octanol–water partition coefficient (Wildman–Crippen LogP) is 3.30. The van der Waals surface area contributed by atoms with Gasteiger partial charge in [-0.15, -0.1) is 0 Å². The Kier molecular flexibility index (Phi) is 3.85. The molecule has 0 saturated carbocycles. The zero-order valence-corrected chi connectivity index (χ0v) is 13.7. The van der Waals surface area contributed by atoms with Crippen molar-refractivity contribution in [2.45, 2.75) is 44.6 Å². The molecule has 2 aromatic rings. The highest BCUT2D eigenvalue weighted by atomic mass is 16.5. The molecule has 122 valence electrons. The number of piperidine rings is 1. The van der Waals surface area contributed by atoms with E-state index >= 15 is 0 Å². The van der Waals surface area contributed by atoms with Gasteiger partial charge in [0.25, 0.3) is 5.91 Å². The molecule has 0 atom stereocenters. The molecule has 1 aliphatic heterocycles. The molecule has 23 heavy (non-hydrogen) atoms. The van der Waals surface area contributed by atoms with Crippen molar-refractivity contribution in [3.8, 4) is 0 Å². The van der Waals surface area contributed by atoms with Gasteiger partial charge in [-0.05, 0) is 62.3 Å². The third-order valence-corrected chi connectivity index (χ3v) is 5.41. The summed E-state index contributed by atoms with van der Waals surface area (Å²) in [6.07, 6.45) is 6.96. The number of methoxy groups -OCH3 is 1. The van der Waals surface area contributed by atoms with E-state index in [1.165, 1.54) is 35.0 Å². The molecule has 0 bridgehead atoms. The van der Waals surface area contributed by atoms with Crippen LogP contribution in [0.3, 0.4) is 0 Å². The van der Waals surface area contributed by atoms with E-state index in [4.69, 9.17) is 4.74 Å². The van der Waals surface area contributed by atoms with E-state index in [9.17, 15) is 4.79 Å². The van der Waals surface area contributed by atoms with E-state index in [-0.39, 0.29) is 5.91 Å². The summed E-state index contributed by atoms with van der Waals surface area (Å²) in [4.78, 5) is 18.3. The molecule has 1 saturated heterocycles. The zero-order valence-electron chi connectivity index (χ0n) is 13.7. The number of hydrogen-bond donors (Lipinski definition) is 1. The molecule has 0 radical (unpaired) electrons. The van der Waals surface area contributed by atoms with Gasteiger partial charge in [-0.2, -0.15) is 0 Å². The largest absolute Gasteiger partial charge is 0.381 e. The topological polar surface area (TPSA) is 45.3 Å². The van der Waals surface area contributed by atoms with E-state index in [1.807, 2.05) is 11.0 Å². The minimum atomic E-state index is 0.159. The molecular formula is C19H24N2O2. The number of nitrogens with one attached hydrogen (secondary N) is 1. The lowest BCUT2D eigenvalue weighted by Crippen LogP contribution is -2.40. The van der Waals surface area contributed by atoms with E-state index in [1.54, 1.807) is 7.11 Å². The Morgan fingerprint density at radius 2 is 2.00 bits per heavy atom. The molecule has 1 aliphatic carbocycles. The smallest absolute Gasteiger partial charge is 0.253 e. The summed E-state index contributed by atoms with van der Waals surface area (Å²) in [5.41, 5.74) is 4.79. The Hall–Kier alpha value is -1.81. The first kappa shape index (κ1) is 14.8. The third kappa shape index (κ3) is 2.65. The highest BCUT2D eigenvalue weighted by Crippen LogP contribution is 2.30. The van der Waals surface area contributed by atoms with Crippen LogP contribution in [0.15, 0.2) is 18.2 Å². The molecule has 1 N–H and O–H groups in total. The maximum absolute atomic E-state index is 12.8. The number of hydrogen-bond acceptors (Lipinski definition) is 2. The second-order valence-electron chi connectivity index (χ2n) is 6.78. The van der Waals surface area contributed by atoms with Crippen LogP contribution in [0.5, 0.6) is 0 Å². The molecule has 1 amide bonds. The lowest BCUT2D eigenvalue weighted by Gasteiger charge is -2.31. The number of amides is 1. The summed E-state index contributed by atoms with van der Waals surface area (Å²) in [6, 6.07) is 6.14. The summed E-state index contributed by atoms with van der Waals surface area (Å²) in [5.74, 6) is 0.159. The van der Waals surface area contributed by atoms with Gasteiger partial charge in [0.15, 0.2) is 0 Å². The fourth-order valence-corrected chi connectivity index (χ4v) is 4.02. The standard InChI is InChI=1S/C19H24N2O2/c1-23-14-8-10-21(11-9-14)19(22)13-6-7-18-16(12-13)15-4-2-3-5-17(15)20-18/h6-7,12,14,20H,2-5,8-11H2,1H3. The number of H-pyrrole nitrogens is 1. The number of carbonyl (C=O) groups is 1. The Morgan fingerprint density at radius 3 is 2.78 bits per heavy atom. The molecule has 1 aromatic carbocycles. The number of rotatable bonds is 2. The van der Waals surface area contributed by atoms with Crippen molar-refractivity contribution >= 4 is 16.8 Å². The van der Waals surface area contributed by atoms with Crippen molar-refractivity contribution < 1.29 is 9.53 Å². The van der Waals surface area contributed by atoms with Gasteiger partial charge >= 0.3 is 0 Å². The van der Waals surface area contributed by atoms with Crippen molar-refractivity contribution in [3.05, 3.63) is 35.0 Å². The normalized spacial score (nSPS) is 19.1. The van der Waals surface area contributed by atoms with Crippen LogP contribution in [0.1, 0.15) is 47.3 Å². The molecule has 4 rings (SSSR count). The van der Waals surface area contributed by atoms with Crippen molar-refractivity contribution in [2.24, 2.45) is 0 Å². The average Bonchev–Trinajstić information content (AvgIpc) is 2.99. The molecule has 1 fully saturated rings. The molecule has 1 aromatic heterocycles. The van der Waals surface area contributed by atoms with Crippen molar-refractivity contribution in [3.63, 3.8) is 0 Å². The third-order valence-electron chi connectivity index (χ3n) is 5.41. The van der Waals surface area contributed by atoms with Gasteiger partial charge in [-0.1, -0.05) is 0 Å². The van der Waals surface area contributed by atoms with Gasteiger partial charge in [0.1, 0.15) is 0 Å². The second kappa shape index (κ2) is 6.00. The number of carbonyl (C=O) groups excluding carboxylic acids is 1. The SMILES string of the molecule is COC1CCN(C(=O)c2ccc3[nH]c4c(c3c2)CCCC4)CC1. The highest BCUT2D eigenvalue weighted by Gasteiger charge is 2.24. The molecule has 0 unspecified atom stereocenters. The number of aromatic nitrogens is 1. The van der Waals surface area contributed by atoms with Crippen molar-refractivity contribution in [1.82, 2.24) is 9.88 Å². The summed E-state index contributed by atoms with van der Waals surface area (Å²) < 4.78 is 5.39. The van der Waals surface area contributed by atoms with Crippen LogP contribution in [-0.4, -0.2) is 42.1 Å². The lowest BCUT2D eigenvalue weighted by atomic mass is 9.95. The number of benzene rings is 1. The fourth-order valence-electron chi connectivity index (χ4n) is 4.02. The molecule has 2 heterocycles. The van der Waals surface area contributed by atoms with Crippen LogP contribution in [0.2, 0.25) is 0 Å². The Bertz CT molecular complexity index is 726. The van der Waals surface area contributed by atoms with Crippen LogP contribution in [-0.2, 0) is 17.6 Å². The zero-order chi connectivity index (χ0) is 15.8. The van der Waals surface area contributed by atoms with E-state index in [0.29, 0.717) is 6.10 Å². The first-order chi connectivity index (χ1) is 11.3. The number of nitrogens with zero attached hydrogens (tertiary/aromatic N) is 1. The fraction of sp³-hybridized carbons (Fsp3) is 0.526. The summed E-state index contributed by atoms with van der Waals surface area (Å²) in [5, 5.41) is 1.25. The minimum Gasteiger partial charge on any atom is -0.381 e. The van der Waals surface area contributed by atoms with Gasteiger partial charge in [0.2, 0.25) is 0 Å². The monoisotopic (exact) mass is 312 g/mol. The van der Waals surface area contributed by atoms with E-state index < -0.39 is 0 Å². The summed E-state index contributed by atoms with van der Waals surface area (Å²) in [6.45, 7) is 1.58. The quantitative estimate of drug-likeness (QED) is 0.925. The minimum absolute atomic E-state index is 0.159. The number of ether oxygens (including phenoxy) is 1. The second-order valence-corrected chi connectivity index (χ2v) is 6.78. The van der Waals surface area contributed by atoms with Crippen LogP contribution in [0.4, 0.5) is 0 Å². The summed E-state index contributed by atoms with van der Waals surface area (Å²) in [7, 11) is 1.76.